The number of hydrogen-bond donors (Lipinski definition) is 1. The number of aryl methyl sites for hydroxylation is 1. The van der Waals surface area contributed by atoms with E-state index < -0.39 is 11.2 Å². The van der Waals surface area contributed by atoms with E-state index in [4.69, 9.17) is 16.6 Å². The summed E-state index contributed by atoms with van der Waals surface area (Å²) < 4.78 is 3.28. The van der Waals surface area contributed by atoms with Crippen molar-refractivity contribution in [1.82, 2.24) is 19.1 Å². The maximum Gasteiger partial charge on any atom is 0.329 e. The lowest BCUT2D eigenvalue weighted by Gasteiger charge is -2.35. The van der Waals surface area contributed by atoms with Crippen molar-refractivity contribution in [2.45, 2.75) is 26.8 Å². The van der Waals surface area contributed by atoms with Crippen LogP contribution in [0.5, 0.6) is 0 Å². The van der Waals surface area contributed by atoms with Crippen LogP contribution in [-0.4, -0.2) is 32.2 Å². The first-order chi connectivity index (χ1) is 13.3. The van der Waals surface area contributed by atoms with Crippen LogP contribution >= 0.6 is 11.6 Å². The van der Waals surface area contributed by atoms with E-state index in [9.17, 15) is 9.59 Å². The quantitative estimate of drug-likeness (QED) is 0.731. The molecule has 0 radical (unpaired) electrons. The minimum Gasteiger partial charge on any atom is -0.342 e. The third kappa shape index (κ3) is 3.24. The van der Waals surface area contributed by atoms with Crippen LogP contribution in [0.25, 0.3) is 11.2 Å². The van der Waals surface area contributed by atoms with E-state index in [1.165, 1.54) is 11.0 Å². The Kier molecular flexibility index (Phi) is 4.79. The summed E-state index contributed by atoms with van der Waals surface area (Å²) in [4.78, 5) is 34.1. The van der Waals surface area contributed by atoms with Gasteiger partial charge in [-0.3, -0.25) is 18.9 Å². The normalized spacial score (nSPS) is 20.1. The summed E-state index contributed by atoms with van der Waals surface area (Å²) in [7, 11) is 1.62. The smallest absolute Gasteiger partial charge is 0.329 e. The number of anilines is 1. The van der Waals surface area contributed by atoms with Gasteiger partial charge in [-0.25, -0.2) is 4.79 Å². The first-order valence-corrected chi connectivity index (χ1v) is 9.90. The van der Waals surface area contributed by atoms with Gasteiger partial charge in [0.1, 0.15) is 0 Å². The van der Waals surface area contributed by atoms with E-state index in [0.29, 0.717) is 40.5 Å². The van der Waals surface area contributed by atoms with Gasteiger partial charge in [0.25, 0.3) is 5.56 Å². The summed E-state index contributed by atoms with van der Waals surface area (Å²) in [6, 6.07) is 7.57. The highest BCUT2D eigenvalue weighted by molar-refractivity contribution is 6.31. The molecular weight excluding hydrogens is 378 g/mol. The summed E-state index contributed by atoms with van der Waals surface area (Å²) in [5.41, 5.74) is 0.787. The highest BCUT2D eigenvalue weighted by atomic mass is 35.5. The number of aromatic amines is 1. The highest BCUT2D eigenvalue weighted by Crippen LogP contribution is 2.29. The van der Waals surface area contributed by atoms with Crippen LogP contribution in [0.2, 0.25) is 5.02 Å². The fourth-order valence-corrected chi connectivity index (χ4v) is 4.43. The van der Waals surface area contributed by atoms with Crippen LogP contribution in [0, 0.1) is 11.8 Å². The molecule has 0 unspecified atom stereocenters. The Labute approximate surface area is 167 Å². The summed E-state index contributed by atoms with van der Waals surface area (Å²) >= 11 is 6.38. The molecule has 2 atom stereocenters. The maximum absolute atomic E-state index is 12.7. The molecule has 0 bridgehead atoms. The van der Waals surface area contributed by atoms with Gasteiger partial charge in [-0.2, -0.15) is 4.98 Å². The number of aromatic nitrogens is 4. The number of rotatable bonds is 3. The molecule has 1 aromatic carbocycles. The number of fused-ring (bicyclic) bond motifs is 1. The van der Waals surface area contributed by atoms with E-state index in [1.807, 2.05) is 28.8 Å². The summed E-state index contributed by atoms with van der Waals surface area (Å²) in [6.07, 6.45) is 1.17. The van der Waals surface area contributed by atoms with E-state index >= 15 is 0 Å². The van der Waals surface area contributed by atoms with Crippen molar-refractivity contribution in [3.05, 3.63) is 55.7 Å². The van der Waals surface area contributed by atoms with Gasteiger partial charge in [-0.05, 0) is 29.9 Å². The average molecular weight is 402 g/mol. The van der Waals surface area contributed by atoms with Gasteiger partial charge in [0, 0.05) is 25.2 Å². The van der Waals surface area contributed by atoms with Crippen molar-refractivity contribution in [3.8, 4) is 0 Å². The van der Waals surface area contributed by atoms with Crippen LogP contribution in [0.1, 0.15) is 25.8 Å². The van der Waals surface area contributed by atoms with Crippen molar-refractivity contribution >= 4 is 28.7 Å². The first kappa shape index (κ1) is 18.8. The highest BCUT2D eigenvalue weighted by Gasteiger charge is 2.28. The molecule has 1 saturated heterocycles. The number of nitrogens with one attached hydrogen (secondary N) is 1. The third-order valence-corrected chi connectivity index (χ3v) is 5.79. The van der Waals surface area contributed by atoms with Crippen molar-refractivity contribution in [3.63, 3.8) is 0 Å². The predicted octanol–water partition coefficient (Wildman–Crippen LogP) is 2.61. The fourth-order valence-electron chi connectivity index (χ4n) is 4.24. The van der Waals surface area contributed by atoms with Gasteiger partial charge in [-0.1, -0.05) is 43.6 Å². The topological polar surface area (TPSA) is 75.9 Å². The Morgan fingerprint density at radius 3 is 2.54 bits per heavy atom. The van der Waals surface area contributed by atoms with Gasteiger partial charge in [0.05, 0.1) is 6.54 Å². The van der Waals surface area contributed by atoms with Crippen LogP contribution in [0.15, 0.2) is 33.9 Å². The van der Waals surface area contributed by atoms with Gasteiger partial charge in [0.2, 0.25) is 5.95 Å². The molecule has 148 valence electrons. The van der Waals surface area contributed by atoms with Crippen molar-refractivity contribution < 1.29 is 0 Å². The number of hydrogen-bond acceptors (Lipinski definition) is 4. The lowest BCUT2D eigenvalue weighted by Crippen LogP contribution is -2.40. The largest absolute Gasteiger partial charge is 0.342 e. The van der Waals surface area contributed by atoms with Crippen molar-refractivity contribution in [2.24, 2.45) is 18.9 Å². The molecule has 1 N–H and O–H groups in total. The van der Waals surface area contributed by atoms with Gasteiger partial charge < -0.3 is 4.90 Å². The number of benzene rings is 1. The molecular formula is C20H24ClN5O2. The zero-order valence-corrected chi connectivity index (χ0v) is 17.0. The van der Waals surface area contributed by atoms with E-state index in [0.717, 1.165) is 18.7 Å². The van der Waals surface area contributed by atoms with Gasteiger partial charge in [-0.15, -0.1) is 0 Å². The molecule has 4 rings (SSSR count). The Morgan fingerprint density at radius 2 is 1.86 bits per heavy atom. The Balaban J connectivity index is 1.94. The number of imidazole rings is 1. The molecule has 3 heterocycles. The maximum atomic E-state index is 12.7. The summed E-state index contributed by atoms with van der Waals surface area (Å²) in [5.74, 6) is 1.76. The van der Waals surface area contributed by atoms with Gasteiger partial charge in [0.15, 0.2) is 11.2 Å². The predicted molar refractivity (Wildman–Crippen MR) is 111 cm³/mol. The van der Waals surface area contributed by atoms with Crippen LogP contribution in [0.4, 0.5) is 5.95 Å². The molecule has 2 aromatic heterocycles. The van der Waals surface area contributed by atoms with E-state index in [1.54, 1.807) is 7.05 Å². The molecule has 1 fully saturated rings. The molecule has 0 amide bonds. The number of H-pyrrole nitrogens is 1. The summed E-state index contributed by atoms with van der Waals surface area (Å²) in [6.45, 7) is 6.59. The minimum absolute atomic E-state index is 0.390. The zero-order valence-electron chi connectivity index (χ0n) is 16.3. The monoisotopic (exact) mass is 401 g/mol. The lowest BCUT2D eigenvalue weighted by molar-refractivity contribution is 0.352. The second-order valence-corrected chi connectivity index (χ2v) is 8.34. The summed E-state index contributed by atoms with van der Waals surface area (Å²) in [5, 5.41) is 0.636. The van der Waals surface area contributed by atoms with Gasteiger partial charge >= 0.3 is 5.69 Å². The Hall–Kier alpha value is -2.54. The Morgan fingerprint density at radius 1 is 1.18 bits per heavy atom. The SMILES string of the molecule is C[C@H]1C[C@H](C)CN(c2nc3c(c(=O)[nH]c(=O)n3C)n2Cc2ccccc2Cl)C1. The Bertz CT molecular complexity index is 1140. The fraction of sp³-hybridized carbons (Fsp3) is 0.450. The molecule has 0 aliphatic carbocycles. The molecule has 8 heteroatoms. The molecule has 0 spiro atoms. The van der Waals surface area contributed by atoms with E-state index in [-0.39, 0.29) is 0 Å². The lowest BCUT2D eigenvalue weighted by atomic mass is 9.92. The first-order valence-electron chi connectivity index (χ1n) is 9.53. The van der Waals surface area contributed by atoms with Crippen molar-refractivity contribution in [1.29, 1.82) is 0 Å². The molecule has 1 aliphatic rings. The van der Waals surface area contributed by atoms with Crippen LogP contribution < -0.4 is 16.1 Å². The minimum atomic E-state index is -0.466. The second-order valence-electron chi connectivity index (χ2n) is 7.93. The standard InChI is InChI=1S/C20H24ClN5O2/c1-12-8-13(2)10-25(9-12)19-22-17-16(18(27)23-20(28)24(17)3)26(19)11-14-6-4-5-7-15(14)21/h4-7,12-13H,8-11H2,1-3H3,(H,23,27,28)/t12-,13-/m0/s1. The third-order valence-electron chi connectivity index (χ3n) is 5.42. The van der Waals surface area contributed by atoms with E-state index in [2.05, 4.69) is 23.7 Å². The molecule has 28 heavy (non-hydrogen) atoms. The molecule has 3 aromatic rings. The number of nitrogens with zero attached hydrogens (tertiary/aromatic N) is 4. The molecule has 0 saturated carbocycles. The zero-order chi connectivity index (χ0) is 20.0. The average Bonchev–Trinajstić information content (AvgIpc) is 3.01. The van der Waals surface area contributed by atoms with Crippen LogP contribution in [-0.2, 0) is 13.6 Å². The molecule has 1 aliphatic heterocycles. The number of piperidine rings is 1. The second kappa shape index (κ2) is 7.13. The molecule has 7 nitrogen and oxygen atoms in total. The van der Waals surface area contributed by atoms with Crippen molar-refractivity contribution in [2.75, 3.05) is 18.0 Å². The number of halogens is 1. The van der Waals surface area contributed by atoms with Crippen LogP contribution in [0.3, 0.4) is 0 Å².